The summed E-state index contributed by atoms with van der Waals surface area (Å²) < 4.78 is 13.1. The normalized spacial score (nSPS) is 10.9. The minimum atomic E-state index is -0.255. The number of aryl methyl sites for hydroxylation is 1. The van der Waals surface area contributed by atoms with Gasteiger partial charge in [0.25, 0.3) is 0 Å². The Kier molecular flexibility index (Phi) is 3.33. The van der Waals surface area contributed by atoms with E-state index in [1.54, 1.807) is 12.3 Å². The largest absolute Gasteiger partial charge is 0.370 e. The van der Waals surface area contributed by atoms with E-state index in [1.807, 2.05) is 19.1 Å². The summed E-state index contributed by atoms with van der Waals surface area (Å²) in [4.78, 5) is 11.8. The van der Waals surface area contributed by atoms with E-state index >= 15 is 0 Å². The molecule has 3 aromatic rings. The Morgan fingerprint density at radius 1 is 1.25 bits per heavy atom. The summed E-state index contributed by atoms with van der Waals surface area (Å²) in [5.74, 6) is 1.44. The quantitative estimate of drug-likeness (QED) is 0.766. The summed E-state index contributed by atoms with van der Waals surface area (Å²) in [5.41, 5.74) is 2.69. The van der Waals surface area contributed by atoms with Gasteiger partial charge in [-0.3, -0.25) is 0 Å². The van der Waals surface area contributed by atoms with Gasteiger partial charge in [0.2, 0.25) is 0 Å². The molecule has 0 saturated heterocycles. The summed E-state index contributed by atoms with van der Waals surface area (Å²) in [6.07, 6.45) is 2.51. The Hall–Kier alpha value is -2.43. The SMILES string of the molecule is Cc1ccnc(NCCc2nc3ccc(F)cc3[nH]2)c1. The van der Waals surface area contributed by atoms with Crippen LogP contribution in [0.3, 0.4) is 0 Å². The fourth-order valence-corrected chi connectivity index (χ4v) is 2.09. The second-order valence-corrected chi connectivity index (χ2v) is 4.74. The highest BCUT2D eigenvalue weighted by Crippen LogP contribution is 2.13. The summed E-state index contributed by atoms with van der Waals surface area (Å²) >= 11 is 0. The van der Waals surface area contributed by atoms with Crippen LogP contribution in [0, 0.1) is 12.7 Å². The van der Waals surface area contributed by atoms with Gasteiger partial charge in [-0.15, -0.1) is 0 Å². The van der Waals surface area contributed by atoms with Crippen LogP contribution in [0.1, 0.15) is 11.4 Å². The van der Waals surface area contributed by atoms with Gasteiger partial charge in [0.05, 0.1) is 11.0 Å². The first kappa shape index (κ1) is 12.6. The molecule has 102 valence electrons. The highest BCUT2D eigenvalue weighted by Gasteiger charge is 2.03. The maximum absolute atomic E-state index is 13.1. The Morgan fingerprint density at radius 3 is 3.00 bits per heavy atom. The maximum atomic E-state index is 13.1. The van der Waals surface area contributed by atoms with Crippen LogP contribution in [0.2, 0.25) is 0 Å². The van der Waals surface area contributed by atoms with Crippen LogP contribution in [0.25, 0.3) is 11.0 Å². The highest BCUT2D eigenvalue weighted by atomic mass is 19.1. The van der Waals surface area contributed by atoms with Crippen molar-refractivity contribution < 1.29 is 4.39 Å². The molecule has 0 radical (unpaired) electrons. The van der Waals surface area contributed by atoms with Crippen molar-refractivity contribution in [3.05, 3.63) is 53.7 Å². The average molecular weight is 270 g/mol. The van der Waals surface area contributed by atoms with E-state index < -0.39 is 0 Å². The smallest absolute Gasteiger partial charge is 0.126 e. The molecule has 0 saturated carbocycles. The van der Waals surface area contributed by atoms with E-state index in [9.17, 15) is 4.39 Å². The summed E-state index contributed by atoms with van der Waals surface area (Å²) in [5, 5.41) is 3.24. The number of aromatic nitrogens is 3. The molecule has 5 heteroatoms. The van der Waals surface area contributed by atoms with Gasteiger partial charge in [0.1, 0.15) is 17.5 Å². The lowest BCUT2D eigenvalue weighted by atomic mass is 10.3. The van der Waals surface area contributed by atoms with Crippen LogP contribution >= 0.6 is 0 Å². The molecule has 2 heterocycles. The molecule has 3 rings (SSSR count). The van der Waals surface area contributed by atoms with Crippen molar-refractivity contribution in [2.45, 2.75) is 13.3 Å². The van der Waals surface area contributed by atoms with E-state index in [-0.39, 0.29) is 5.82 Å². The molecule has 0 unspecified atom stereocenters. The molecule has 2 N–H and O–H groups in total. The van der Waals surface area contributed by atoms with Crippen molar-refractivity contribution in [2.24, 2.45) is 0 Å². The van der Waals surface area contributed by atoms with Crippen LogP contribution in [-0.2, 0) is 6.42 Å². The third kappa shape index (κ3) is 2.77. The van der Waals surface area contributed by atoms with Gasteiger partial charge >= 0.3 is 0 Å². The van der Waals surface area contributed by atoms with Crippen LogP contribution < -0.4 is 5.32 Å². The van der Waals surface area contributed by atoms with Crippen molar-refractivity contribution in [2.75, 3.05) is 11.9 Å². The zero-order chi connectivity index (χ0) is 13.9. The van der Waals surface area contributed by atoms with E-state index in [0.717, 1.165) is 35.6 Å². The predicted molar refractivity (Wildman–Crippen MR) is 77.2 cm³/mol. The van der Waals surface area contributed by atoms with Crippen molar-refractivity contribution in [1.29, 1.82) is 0 Å². The molecule has 0 aliphatic rings. The van der Waals surface area contributed by atoms with Crippen molar-refractivity contribution in [1.82, 2.24) is 15.0 Å². The number of nitrogens with one attached hydrogen (secondary N) is 2. The average Bonchev–Trinajstić information content (AvgIpc) is 2.80. The number of rotatable bonds is 4. The topological polar surface area (TPSA) is 53.6 Å². The number of H-pyrrole nitrogens is 1. The molecule has 0 aliphatic carbocycles. The van der Waals surface area contributed by atoms with E-state index in [0.29, 0.717) is 0 Å². The van der Waals surface area contributed by atoms with Gasteiger partial charge in [0.15, 0.2) is 0 Å². The second kappa shape index (κ2) is 5.28. The Balaban J connectivity index is 1.65. The monoisotopic (exact) mass is 270 g/mol. The standard InChI is InChI=1S/C15H15FN4/c1-10-4-6-17-15(8-10)18-7-5-14-19-12-3-2-11(16)9-13(12)20-14/h2-4,6,8-9H,5,7H2,1H3,(H,17,18)(H,19,20). The molecule has 0 amide bonds. The van der Waals surface area contributed by atoms with Crippen LogP contribution in [0.5, 0.6) is 0 Å². The summed E-state index contributed by atoms with van der Waals surface area (Å²) in [6, 6.07) is 8.51. The van der Waals surface area contributed by atoms with Crippen LogP contribution in [0.15, 0.2) is 36.5 Å². The molecule has 0 fully saturated rings. The predicted octanol–water partition coefficient (Wildman–Crippen LogP) is 3.06. The summed E-state index contributed by atoms with van der Waals surface area (Å²) in [6.45, 7) is 2.75. The Labute approximate surface area is 116 Å². The first-order chi connectivity index (χ1) is 9.70. The van der Waals surface area contributed by atoms with Gasteiger partial charge < -0.3 is 10.3 Å². The zero-order valence-corrected chi connectivity index (χ0v) is 11.2. The zero-order valence-electron chi connectivity index (χ0n) is 11.2. The number of halogens is 1. The molecule has 4 nitrogen and oxygen atoms in total. The number of nitrogens with zero attached hydrogens (tertiary/aromatic N) is 2. The molecule has 0 bridgehead atoms. The molecule has 0 atom stereocenters. The maximum Gasteiger partial charge on any atom is 0.126 e. The second-order valence-electron chi connectivity index (χ2n) is 4.74. The minimum absolute atomic E-state index is 0.255. The first-order valence-electron chi connectivity index (χ1n) is 6.51. The fraction of sp³-hybridized carbons (Fsp3) is 0.200. The van der Waals surface area contributed by atoms with Crippen LogP contribution in [0.4, 0.5) is 10.2 Å². The molecule has 2 aromatic heterocycles. The third-order valence-electron chi connectivity index (χ3n) is 3.08. The number of hydrogen-bond acceptors (Lipinski definition) is 3. The highest BCUT2D eigenvalue weighted by molar-refractivity contribution is 5.74. The van der Waals surface area contributed by atoms with Gasteiger partial charge in [-0.1, -0.05) is 0 Å². The van der Waals surface area contributed by atoms with Crippen molar-refractivity contribution in [3.8, 4) is 0 Å². The molecular formula is C15H15FN4. The Bertz CT molecular complexity index is 736. The lowest BCUT2D eigenvalue weighted by molar-refractivity contribution is 0.629. The number of imidazole rings is 1. The molecule has 0 spiro atoms. The molecule has 0 aliphatic heterocycles. The Morgan fingerprint density at radius 2 is 2.15 bits per heavy atom. The molecule has 1 aromatic carbocycles. The van der Waals surface area contributed by atoms with Gasteiger partial charge in [0, 0.05) is 19.2 Å². The number of fused-ring (bicyclic) bond motifs is 1. The molecule has 20 heavy (non-hydrogen) atoms. The lowest BCUT2D eigenvalue weighted by Crippen LogP contribution is -2.07. The molecular weight excluding hydrogens is 255 g/mol. The van der Waals surface area contributed by atoms with Crippen LogP contribution in [-0.4, -0.2) is 21.5 Å². The number of aromatic amines is 1. The van der Waals surface area contributed by atoms with Gasteiger partial charge in [-0.05, 0) is 42.8 Å². The minimum Gasteiger partial charge on any atom is -0.370 e. The number of benzene rings is 1. The lowest BCUT2D eigenvalue weighted by Gasteiger charge is -2.04. The van der Waals surface area contributed by atoms with Gasteiger partial charge in [-0.25, -0.2) is 14.4 Å². The number of anilines is 1. The third-order valence-corrected chi connectivity index (χ3v) is 3.08. The summed E-state index contributed by atoms with van der Waals surface area (Å²) in [7, 11) is 0. The van der Waals surface area contributed by atoms with Crippen molar-refractivity contribution in [3.63, 3.8) is 0 Å². The van der Waals surface area contributed by atoms with E-state index in [1.165, 1.54) is 17.7 Å². The van der Waals surface area contributed by atoms with Gasteiger partial charge in [-0.2, -0.15) is 0 Å². The number of hydrogen-bond donors (Lipinski definition) is 2. The number of pyridine rings is 1. The fourth-order valence-electron chi connectivity index (χ4n) is 2.09. The first-order valence-corrected chi connectivity index (χ1v) is 6.51. The van der Waals surface area contributed by atoms with E-state index in [2.05, 4.69) is 20.3 Å². The van der Waals surface area contributed by atoms with Crippen molar-refractivity contribution >= 4 is 16.9 Å². The van der Waals surface area contributed by atoms with E-state index in [4.69, 9.17) is 0 Å².